The van der Waals surface area contributed by atoms with Gasteiger partial charge in [0.25, 0.3) is 0 Å². The highest BCUT2D eigenvalue weighted by Gasteiger charge is 2.42. The molecular formula is C22H14Br2Cl2N2O. The Labute approximate surface area is 195 Å². The van der Waals surface area contributed by atoms with Gasteiger partial charge < -0.3 is 4.74 Å². The van der Waals surface area contributed by atoms with Gasteiger partial charge in [-0.1, -0.05) is 85.4 Å². The first-order valence-corrected chi connectivity index (χ1v) is 11.4. The summed E-state index contributed by atoms with van der Waals surface area (Å²) in [4.78, 5) is 0. The number of halogens is 4. The fourth-order valence-corrected chi connectivity index (χ4v) is 5.11. The molecule has 0 spiro atoms. The van der Waals surface area contributed by atoms with E-state index in [4.69, 9.17) is 33.0 Å². The standard InChI is InChI=1S/C22H14Br2Cl2N2O/c23-13-7-5-12(6-8-13)19-11-20-16-9-14(25)10-18(26)21(16)29-22(28(20)27-19)15-3-1-2-4-17(15)24/h1-10,20,22H,11H2. The molecule has 0 saturated carbocycles. The molecule has 7 heteroatoms. The lowest BCUT2D eigenvalue weighted by Crippen LogP contribution is -2.34. The molecule has 0 bridgehead atoms. The third-order valence-electron chi connectivity index (χ3n) is 5.16. The minimum atomic E-state index is -0.394. The Morgan fingerprint density at radius 1 is 0.966 bits per heavy atom. The maximum absolute atomic E-state index is 6.52. The maximum Gasteiger partial charge on any atom is 0.215 e. The maximum atomic E-state index is 6.52. The van der Waals surface area contributed by atoms with Crippen LogP contribution in [0.25, 0.3) is 0 Å². The van der Waals surface area contributed by atoms with Crippen LogP contribution in [-0.4, -0.2) is 10.7 Å². The highest BCUT2D eigenvalue weighted by atomic mass is 79.9. The SMILES string of the molecule is Clc1cc(Cl)c2c(c1)C1CC(c3ccc(Br)cc3)=NN1C(c1ccccc1Br)O2. The van der Waals surface area contributed by atoms with Crippen LogP contribution in [0.1, 0.15) is 35.4 Å². The quantitative estimate of drug-likeness (QED) is 0.324. The second-order valence-corrected chi connectivity index (χ2v) is 9.56. The summed E-state index contributed by atoms with van der Waals surface area (Å²) >= 11 is 20.0. The van der Waals surface area contributed by atoms with Crippen molar-refractivity contribution in [2.24, 2.45) is 5.10 Å². The lowest BCUT2D eigenvalue weighted by molar-refractivity contribution is -0.0194. The Kier molecular flexibility index (Phi) is 5.11. The largest absolute Gasteiger partial charge is 0.463 e. The van der Waals surface area contributed by atoms with Crippen LogP contribution in [0.4, 0.5) is 0 Å². The highest BCUT2D eigenvalue weighted by Crippen LogP contribution is 2.51. The summed E-state index contributed by atoms with van der Waals surface area (Å²) in [6.45, 7) is 0. The molecule has 5 rings (SSSR count). The molecular weight excluding hydrogens is 539 g/mol. The molecule has 0 radical (unpaired) electrons. The van der Waals surface area contributed by atoms with Crippen molar-refractivity contribution in [2.75, 3.05) is 0 Å². The van der Waals surface area contributed by atoms with Gasteiger partial charge in [-0.05, 0) is 35.9 Å². The third kappa shape index (κ3) is 3.48. The Bertz CT molecular complexity index is 1130. The zero-order valence-electron chi connectivity index (χ0n) is 14.9. The molecule has 0 aliphatic carbocycles. The first-order valence-electron chi connectivity index (χ1n) is 9.03. The molecule has 0 saturated heterocycles. The van der Waals surface area contributed by atoms with Crippen LogP contribution in [-0.2, 0) is 0 Å². The summed E-state index contributed by atoms with van der Waals surface area (Å²) in [7, 11) is 0. The van der Waals surface area contributed by atoms with Crippen molar-refractivity contribution in [1.29, 1.82) is 0 Å². The van der Waals surface area contributed by atoms with E-state index in [9.17, 15) is 0 Å². The van der Waals surface area contributed by atoms with Crippen molar-refractivity contribution >= 4 is 60.8 Å². The average Bonchev–Trinajstić information content (AvgIpc) is 3.14. The van der Waals surface area contributed by atoms with Gasteiger partial charge in [0.1, 0.15) is 5.75 Å². The second kappa shape index (κ2) is 7.62. The molecule has 2 aliphatic rings. The number of nitrogens with zero attached hydrogens (tertiary/aromatic N) is 2. The second-order valence-electron chi connectivity index (χ2n) is 6.95. The summed E-state index contributed by atoms with van der Waals surface area (Å²) in [5.41, 5.74) is 4.05. The first-order chi connectivity index (χ1) is 14.0. The van der Waals surface area contributed by atoms with Gasteiger partial charge in [-0.2, -0.15) is 5.10 Å². The fraction of sp³-hybridized carbons (Fsp3) is 0.136. The topological polar surface area (TPSA) is 24.8 Å². The number of hydrogen-bond acceptors (Lipinski definition) is 3. The monoisotopic (exact) mass is 550 g/mol. The van der Waals surface area contributed by atoms with Crippen molar-refractivity contribution in [3.05, 3.63) is 96.3 Å². The average molecular weight is 553 g/mol. The number of benzene rings is 3. The van der Waals surface area contributed by atoms with E-state index >= 15 is 0 Å². The van der Waals surface area contributed by atoms with Crippen LogP contribution in [0, 0.1) is 0 Å². The first kappa shape index (κ1) is 19.4. The van der Waals surface area contributed by atoms with Crippen LogP contribution in [0.3, 0.4) is 0 Å². The minimum Gasteiger partial charge on any atom is -0.463 e. The summed E-state index contributed by atoms with van der Waals surface area (Å²) < 4.78 is 8.39. The summed E-state index contributed by atoms with van der Waals surface area (Å²) in [5, 5.41) is 8.10. The van der Waals surface area contributed by atoms with Crippen LogP contribution < -0.4 is 4.74 Å². The lowest BCUT2D eigenvalue weighted by atomic mass is 9.96. The van der Waals surface area contributed by atoms with Crippen molar-refractivity contribution in [1.82, 2.24) is 5.01 Å². The molecule has 29 heavy (non-hydrogen) atoms. The van der Waals surface area contributed by atoms with Gasteiger partial charge in [-0.25, -0.2) is 5.01 Å². The van der Waals surface area contributed by atoms with E-state index < -0.39 is 6.23 Å². The summed E-state index contributed by atoms with van der Waals surface area (Å²) in [6, 6.07) is 19.8. The molecule has 0 amide bonds. The smallest absolute Gasteiger partial charge is 0.215 e. The van der Waals surface area contributed by atoms with Gasteiger partial charge in [0.05, 0.1) is 16.8 Å². The Morgan fingerprint density at radius 2 is 1.72 bits per heavy atom. The van der Waals surface area contributed by atoms with Crippen LogP contribution in [0.15, 0.2) is 74.7 Å². The fourth-order valence-electron chi connectivity index (χ4n) is 3.81. The van der Waals surface area contributed by atoms with Gasteiger partial charge in [0.15, 0.2) is 0 Å². The zero-order valence-corrected chi connectivity index (χ0v) is 19.6. The van der Waals surface area contributed by atoms with E-state index in [-0.39, 0.29) is 6.04 Å². The van der Waals surface area contributed by atoms with Crippen molar-refractivity contribution in [2.45, 2.75) is 18.7 Å². The molecule has 2 aliphatic heterocycles. The number of hydrazone groups is 1. The number of ether oxygens (including phenoxy) is 1. The normalized spacial score (nSPS) is 20.0. The van der Waals surface area contributed by atoms with E-state index in [0.29, 0.717) is 15.8 Å². The summed E-state index contributed by atoms with van der Waals surface area (Å²) in [5.74, 6) is 0.672. The van der Waals surface area contributed by atoms with Gasteiger partial charge in [0, 0.05) is 31.5 Å². The molecule has 0 N–H and O–H groups in total. The Balaban J connectivity index is 1.65. The molecule has 2 unspecified atom stereocenters. The number of rotatable bonds is 2. The van der Waals surface area contributed by atoms with Gasteiger partial charge in [-0.3, -0.25) is 0 Å². The van der Waals surface area contributed by atoms with Gasteiger partial charge in [-0.15, -0.1) is 0 Å². The molecule has 3 aromatic carbocycles. The molecule has 146 valence electrons. The van der Waals surface area contributed by atoms with Crippen molar-refractivity contribution in [3.63, 3.8) is 0 Å². The number of fused-ring (bicyclic) bond motifs is 3. The summed E-state index contributed by atoms with van der Waals surface area (Å²) in [6.07, 6.45) is 0.352. The van der Waals surface area contributed by atoms with Gasteiger partial charge in [0.2, 0.25) is 6.23 Å². The van der Waals surface area contributed by atoms with Crippen molar-refractivity contribution < 1.29 is 4.74 Å². The minimum absolute atomic E-state index is 0.00861. The van der Waals surface area contributed by atoms with E-state index in [1.807, 2.05) is 47.5 Å². The van der Waals surface area contributed by atoms with Gasteiger partial charge >= 0.3 is 0 Å². The Hall–Kier alpha value is -1.53. The van der Waals surface area contributed by atoms with Crippen LogP contribution >= 0.6 is 55.1 Å². The van der Waals surface area contributed by atoms with E-state index in [2.05, 4.69) is 44.0 Å². The predicted molar refractivity (Wildman–Crippen MR) is 124 cm³/mol. The van der Waals surface area contributed by atoms with Crippen LogP contribution in [0.2, 0.25) is 10.0 Å². The molecule has 2 heterocycles. The molecule has 0 aromatic heterocycles. The van der Waals surface area contributed by atoms with E-state index in [0.717, 1.165) is 37.8 Å². The van der Waals surface area contributed by atoms with E-state index in [1.54, 1.807) is 6.07 Å². The third-order valence-corrected chi connectivity index (χ3v) is 6.91. The molecule has 2 atom stereocenters. The van der Waals surface area contributed by atoms with E-state index in [1.165, 1.54) is 0 Å². The predicted octanol–water partition coefficient (Wildman–Crippen LogP) is 7.76. The van der Waals surface area contributed by atoms with Crippen molar-refractivity contribution in [3.8, 4) is 5.75 Å². The molecule has 0 fully saturated rings. The van der Waals surface area contributed by atoms with Crippen LogP contribution in [0.5, 0.6) is 5.75 Å². The molecule has 3 aromatic rings. The highest BCUT2D eigenvalue weighted by molar-refractivity contribution is 9.10. The Morgan fingerprint density at radius 3 is 2.48 bits per heavy atom. The number of hydrogen-bond donors (Lipinski definition) is 0. The zero-order chi connectivity index (χ0) is 20.1. The lowest BCUT2D eigenvalue weighted by Gasteiger charge is -2.39. The molecule has 3 nitrogen and oxygen atoms in total.